The number of carbonyl (C=O) groups excluding carboxylic acids is 4. The number of anilines is 3. The molecule has 42 heavy (non-hydrogen) atoms. The van der Waals surface area contributed by atoms with E-state index in [-0.39, 0.29) is 29.8 Å². The normalized spacial score (nSPS) is 10.8. The predicted molar refractivity (Wildman–Crippen MR) is 162 cm³/mol. The third-order valence-electron chi connectivity index (χ3n) is 5.45. The molecule has 0 heterocycles. The standard InChI is InChI=1S/C32H35N3O7/c1-7-18-40-27-25(30(38)34-24-14-10-22(11-15-24)31(39)42-32(4,5)6)16-17-26(28(27)41-20(2)3)35-29(37)21-8-12-23(13-9-21)33-19-36/h7-17,19-20H,1,18H2,2-6H3,(H,33,36)(H,34,38)(H,35,37). The molecule has 0 atom stereocenters. The molecule has 0 radical (unpaired) electrons. The number of benzene rings is 3. The van der Waals surface area contributed by atoms with Crippen molar-refractivity contribution in [1.29, 1.82) is 0 Å². The molecule has 3 aromatic rings. The van der Waals surface area contributed by atoms with Gasteiger partial charge < -0.3 is 30.2 Å². The largest absolute Gasteiger partial charge is 0.485 e. The Kier molecular flexibility index (Phi) is 10.5. The Labute approximate surface area is 245 Å². The van der Waals surface area contributed by atoms with Crippen LogP contribution in [0.1, 0.15) is 65.7 Å². The zero-order chi connectivity index (χ0) is 30.9. The van der Waals surface area contributed by atoms with Crippen LogP contribution in [0.25, 0.3) is 0 Å². The molecule has 0 spiro atoms. The van der Waals surface area contributed by atoms with Gasteiger partial charge in [-0.15, -0.1) is 0 Å². The summed E-state index contributed by atoms with van der Waals surface area (Å²) in [6.45, 7) is 12.7. The second-order valence-electron chi connectivity index (χ2n) is 10.4. The lowest BCUT2D eigenvalue weighted by molar-refractivity contribution is -0.105. The van der Waals surface area contributed by atoms with Crippen LogP contribution in [-0.2, 0) is 9.53 Å². The number of carbonyl (C=O) groups is 4. The molecule has 3 N–H and O–H groups in total. The highest BCUT2D eigenvalue weighted by Gasteiger charge is 2.24. The average Bonchev–Trinajstić information content (AvgIpc) is 2.92. The van der Waals surface area contributed by atoms with Crippen LogP contribution < -0.4 is 25.4 Å². The fourth-order valence-electron chi connectivity index (χ4n) is 3.68. The molecule has 0 aliphatic rings. The quantitative estimate of drug-likeness (QED) is 0.136. The molecule has 3 aromatic carbocycles. The first-order valence-corrected chi connectivity index (χ1v) is 13.3. The van der Waals surface area contributed by atoms with Gasteiger partial charge in [0, 0.05) is 16.9 Å². The molecule has 10 nitrogen and oxygen atoms in total. The molecule has 0 aliphatic heterocycles. The number of hydrogen-bond donors (Lipinski definition) is 3. The van der Waals surface area contributed by atoms with E-state index < -0.39 is 23.4 Å². The summed E-state index contributed by atoms with van der Waals surface area (Å²) in [4.78, 5) is 49.4. The van der Waals surface area contributed by atoms with Crippen molar-refractivity contribution < 1.29 is 33.4 Å². The Morgan fingerprint density at radius 1 is 0.833 bits per heavy atom. The third kappa shape index (κ3) is 8.69. The maximum absolute atomic E-state index is 13.4. The number of esters is 1. The van der Waals surface area contributed by atoms with E-state index in [1.807, 2.05) is 0 Å². The Morgan fingerprint density at radius 3 is 2.02 bits per heavy atom. The molecule has 0 saturated heterocycles. The number of ether oxygens (including phenoxy) is 3. The minimum absolute atomic E-state index is 0.0713. The summed E-state index contributed by atoms with van der Waals surface area (Å²) < 4.78 is 17.3. The van der Waals surface area contributed by atoms with Gasteiger partial charge in [0.25, 0.3) is 11.8 Å². The van der Waals surface area contributed by atoms with Crippen LogP contribution in [0, 0.1) is 0 Å². The van der Waals surface area contributed by atoms with Crippen LogP contribution in [-0.4, -0.2) is 42.5 Å². The van der Waals surface area contributed by atoms with Gasteiger partial charge in [-0.1, -0.05) is 12.7 Å². The highest BCUT2D eigenvalue weighted by atomic mass is 16.6. The number of hydrogen-bond acceptors (Lipinski definition) is 7. The number of rotatable bonds is 12. The van der Waals surface area contributed by atoms with Gasteiger partial charge in [-0.25, -0.2) is 4.79 Å². The Balaban J connectivity index is 1.91. The second kappa shape index (κ2) is 14.0. The number of nitrogens with one attached hydrogen (secondary N) is 3. The first kappa shape index (κ1) is 31.4. The van der Waals surface area contributed by atoms with Gasteiger partial charge in [-0.3, -0.25) is 14.4 Å². The molecule has 3 amide bonds. The fourth-order valence-corrected chi connectivity index (χ4v) is 3.68. The zero-order valence-electron chi connectivity index (χ0n) is 24.3. The van der Waals surface area contributed by atoms with Crippen LogP contribution in [0.3, 0.4) is 0 Å². The maximum Gasteiger partial charge on any atom is 0.338 e. The van der Waals surface area contributed by atoms with Crippen molar-refractivity contribution in [2.24, 2.45) is 0 Å². The van der Waals surface area contributed by atoms with Gasteiger partial charge in [0.2, 0.25) is 6.41 Å². The first-order valence-electron chi connectivity index (χ1n) is 13.3. The van der Waals surface area contributed by atoms with Crippen LogP contribution in [0.4, 0.5) is 17.1 Å². The molecule has 10 heteroatoms. The van der Waals surface area contributed by atoms with Gasteiger partial charge in [0.15, 0.2) is 11.5 Å². The van der Waals surface area contributed by atoms with E-state index in [0.29, 0.717) is 34.6 Å². The van der Waals surface area contributed by atoms with E-state index in [9.17, 15) is 19.2 Å². The molecule has 0 bridgehead atoms. The third-order valence-corrected chi connectivity index (χ3v) is 5.45. The molecule has 0 fully saturated rings. The summed E-state index contributed by atoms with van der Waals surface area (Å²) in [6.07, 6.45) is 1.75. The second-order valence-corrected chi connectivity index (χ2v) is 10.4. The summed E-state index contributed by atoms with van der Waals surface area (Å²) in [5, 5.41) is 8.13. The summed E-state index contributed by atoms with van der Waals surface area (Å²) >= 11 is 0. The smallest absolute Gasteiger partial charge is 0.338 e. The SMILES string of the molecule is C=CCOc1c(C(=O)Nc2ccc(C(=O)OC(C)(C)C)cc2)ccc(NC(=O)c2ccc(NC=O)cc2)c1OC(C)C. The number of amides is 3. The highest BCUT2D eigenvalue weighted by Crippen LogP contribution is 2.40. The highest BCUT2D eigenvalue weighted by molar-refractivity contribution is 6.09. The van der Waals surface area contributed by atoms with Crippen molar-refractivity contribution in [3.63, 3.8) is 0 Å². The lowest BCUT2D eigenvalue weighted by Gasteiger charge is -2.21. The van der Waals surface area contributed by atoms with Crippen molar-refractivity contribution in [1.82, 2.24) is 0 Å². The topological polar surface area (TPSA) is 132 Å². The van der Waals surface area contributed by atoms with Crippen LogP contribution in [0.15, 0.2) is 73.3 Å². The first-order chi connectivity index (χ1) is 19.9. The van der Waals surface area contributed by atoms with Gasteiger partial charge in [0.05, 0.1) is 22.9 Å². The van der Waals surface area contributed by atoms with Gasteiger partial charge >= 0.3 is 5.97 Å². The lowest BCUT2D eigenvalue weighted by Crippen LogP contribution is -2.23. The Bertz CT molecular complexity index is 1440. The van der Waals surface area contributed by atoms with Crippen molar-refractivity contribution in [2.45, 2.75) is 46.3 Å². The van der Waals surface area contributed by atoms with Crippen LogP contribution in [0.2, 0.25) is 0 Å². The molecule has 220 valence electrons. The van der Waals surface area contributed by atoms with Crippen molar-refractivity contribution in [2.75, 3.05) is 22.6 Å². The predicted octanol–water partition coefficient (Wildman–Crippen LogP) is 6.07. The summed E-state index contributed by atoms with van der Waals surface area (Å²) in [6, 6.07) is 15.7. The molecule has 0 saturated carbocycles. The monoisotopic (exact) mass is 573 g/mol. The van der Waals surface area contributed by atoms with Gasteiger partial charge in [0.1, 0.15) is 12.2 Å². The zero-order valence-corrected chi connectivity index (χ0v) is 24.3. The molecule has 3 rings (SSSR count). The van der Waals surface area contributed by atoms with Crippen LogP contribution >= 0.6 is 0 Å². The van der Waals surface area contributed by atoms with E-state index >= 15 is 0 Å². The van der Waals surface area contributed by atoms with Gasteiger partial charge in [-0.2, -0.15) is 0 Å². The van der Waals surface area contributed by atoms with Crippen molar-refractivity contribution >= 4 is 41.3 Å². The van der Waals surface area contributed by atoms with E-state index in [2.05, 4.69) is 22.5 Å². The van der Waals surface area contributed by atoms with Crippen molar-refractivity contribution in [3.8, 4) is 11.5 Å². The van der Waals surface area contributed by atoms with Crippen molar-refractivity contribution in [3.05, 3.63) is 90.0 Å². The molecule has 0 aromatic heterocycles. The van der Waals surface area contributed by atoms with E-state index in [1.54, 1.807) is 89.2 Å². The summed E-state index contributed by atoms with van der Waals surface area (Å²) in [5.41, 5.74) is 1.49. The lowest BCUT2D eigenvalue weighted by atomic mass is 10.1. The Morgan fingerprint density at radius 2 is 1.45 bits per heavy atom. The summed E-state index contributed by atoms with van der Waals surface area (Å²) in [7, 11) is 0. The van der Waals surface area contributed by atoms with Crippen LogP contribution in [0.5, 0.6) is 11.5 Å². The van der Waals surface area contributed by atoms with E-state index in [1.165, 1.54) is 12.1 Å². The minimum Gasteiger partial charge on any atom is -0.485 e. The fraction of sp³-hybridized carbons (Fsp3) is 0.250. The van der Waals surface area contributed by atoms with Gasteiger partial charge in [-0.05, 0) is 95.3 Å². The average molecular weight is 574 g/mol. The molecule has 0 unspecified atom stereocenters. The van der Waals surface area contributed by atoms with E-state index in [0.717, 1.165) is 0 Å². The summed E-state index contributed by atoms with van der Waals surface area (Å²) in [5.74, 6) is -1.11. The molecular formula is C32H35N3O7. The molecular weight excluding hydrogens is 538 g/mol. The molecule has 0 aliphatic carbocycles. The Hall–Kier alpha value is -5.12. The maximum atomic E-state index is 13.4. The minimum atomic E-state index is -0.633. The van der Waals surface area contributed by atoms with E-state index in [4.69, 9.17) is 14.2 Å².